The number of carbonyl (C=O) groups excluding carboxylic acids is 1. The topological polar surface area (TPSA) is 72.4 Å². The van der Waals surface area contributed by atoms with Crippen LogP contribution < -0.4 is 5.73 Å². The maximum absolute atomic E-state index is 12.0. The number of rotatable bonds is 8. The summed E-state index contributed by atoms with van der Waals surface area (Å²) in [6.07, 6.45) is 3.86. The molecule has 1 aromatic heterocycles. The summed E-state index contributed by atoms with van der Waals surface area (Å²) in [5.41, 5.74) is 6.97. The second kappa shape index (κ2) is 9.59. The van der Waals surface area contributed by atoms with Crippen molar-refractivity contribution in [2.45, 2.75) is 45.1 Å². The molecule has 0 saturated carbocycles. The Hall–Kier alpha value is -1.85. The highest BCUT2D eigenvalue weighted by Crippen LogP contribution is 2.19. The Balaban J connectivity index is 0.00000312. The van der Waals surface area contributed by atoms with Crippen LogP contribution in [0.4, 0.5) is 0 Å². The van der Waals surface area contributed by atoms with E-state index in [-0.39, 0.29) is 18.3 Å². The van der Waals surface area contributed by atoms with Crippen molar-refractivity contribution >= 4 is 18.3 Å². The monoisotopic (exact) mass is 365 g/mol. The van der Waals surface area contributed by atoms with E-state index in [2.05, 4.69) is 5.16 Å². The Bertz CT molecular complexity index is 650. The fourth-order valence-corrected chi connectivity index (χ4v) is 2.59. The number of benzene rings is 1. The smallest absolute Gasteiger partial charge is 0.241 e. The number of hydrogen-bond acceptors (Lipinski definition) is 4. The highest BCUT2D eigenvalue weighted by molar-refractivity contribution is 5.85. The minimum Gasteiger partial charge on any atom is -0.361 e. The number of likely N-dealkylation sites (N-methyl/N-ethyl adjacent to an activating group) is 1. The van der Waals surface area contributed by atoms with Gasteiger partial charge >= 0.3 is 0 Å². The van der Waals surface area contributed by atoms with Crippen LogP contribution in [-0.4, -0.2) is 35.1 Å². The molecule has 0 unspecified atom stereocenters. The number of aryl methyl sites for hydroxylation is 1. The summed E-state index contributed by atoms with van der Waals surface area (Å²) in [7, 11) is 1.81. The summed E-state index contributed by atoms with van der Waals surface area (Å²) in [4.78, 5) is 13.7. The quantitative estimate of drug-likeness (QED) is 0.724. The molecule has 6 heteroatoms. The SMILES string of the molecule is CN(CCCCCc1cc(-c2ccccc2)no1)C(=O)C(C)(C)N.Cl. The van der Waals surface area contributed by atoms with E-state index in [1.165, 1.54) is 0 Å². The molecule has 2 N–H and O–H groups in total. The van der Waals surface area contributed by atoms with Crippen molar-refractivity contribution in [1.82, 2.24) is 10.1 Å². The predicted molar refractivity (Wildman–Crippen MR) is 103 cm³/mol. The molecule has 0 bridgehead atoms. The third kappa shape index (κ3) is 6.52. The Labute approximate surface area is 156 Å². The largest absolute Gasteiger partial charge is 0.361 e. The molecular weight excluding hydrogens is 338 g/mol. The van der Waals surface area contributed by atoms with Gasteiger partial charge in [0.15, 0.2) is 0 Å². The lowest BCUT2D eigenvalue weighted by atomic mass is 10.1. The van der Waals surface area contributed by atoms with Crippen LogP contribution in [0.25, 0.3) is 11.3 Å². The van der Waals surface area contributed by atoms with Gasteiger partial charge in [-0.05, 0) is 26.7 Å². The van der Waals surface area contributed by atoms with Gasteiger partial charge in [-0.1, -0.05) is 41.9 Å². The van der Waals surface area contributed by atoms with Gasteiger partial charge in [-0.2, -0.15) is 0 Å². The lowest BCUT2D eigenvalue weighted by Gasteiger charge is -2.25. The zero-order chi connectivity index (χ0) is 17.6. The van der Waals surface area contributed by atoms with E-state index in [1.807, 2.05) is 36.4 Å². The first-order valence-corrected chi connectivity index (χ1v) is 8.43. The van der Waals surface area contributed by atoms with Crippen molar-refractivity contribution in [2.75, 3.05) is 13.6 Å². The molecule has 138 valence electrons. The van der Waals surface area contributed by atoms with E-state index in [9.17, 15) is 4.79 Å². The van der Waals surface area contributed by atoms with Crippen LogP contribution in [0.1, 0.15) is 38.9 Å². The summed E-state index contributed by atoms with van der Waals surface area (Å²) in [6.45, 7) is 4.20. The third-order valence-electron chi connectivity index (χ3n) is 3.94. The number of amides is 1. The summed E-state index contributed by atoms with van der Waals surface area (Å²) < 4.78 is 5.40. The van der Waals surface area contributed by atoms with E-state index in [0.29, 0.717) is 0 Å². The van der Waals surface area contributed by atoms with Crippen molar-refractivity contribution in [3.63, 3.8) is 0 Å². The molecule has 1 amide bonds. The van der Waals surface area contributed by atoms with Crippen molar-refractivity contribution in [3.8, 4) is 11.3 Å². The van der Waals surface area contributed by atoms with E-state index >= 15 is 0 Å². The first kappa shape index (κ1) is 21.2. The molecule has 1 aromatic carbocycles. The molecule has 2 rings (SSSR count). The fraction of sp³-hybridized carbons (Fsp3) is 0.474. The number of halogens is 1. The molecule has 0 spiro atoms. The molecule has 2 aromatic rings. The lowest BCUT2D eigenvalue weighted by Crippen LogP contribution is -2.49. The summed E-state index contributed by atoms with van der Waals surface area (Å²) in [5.74, 6) is 0.881. The maximum atomic E-state index is 12.0. The van der Waals surface area contributed by atoms with Gasteiger partial charge < -0.3 is 15.2 Å². The molecule has 0 fully saturated rings. The second-order valence-electron chi connectivity index (χ2n) is 6.80. The molecule has 0 aliphatic carbocycles. The fourth-order valence-electron chi connectivity index (χ4n) is 2.59. The van der Waals surface area contributed by atoms with E-state index < -0.39 is 5.54 Å². The van der Waals surface area contributed by atoms with Crippen molar-refractivity contribution in [3.05, 3.63) is 42.2 Å². The Morgan fingerprint density at radius 2 is 1.88 bits per heavy atom. The number of carbonyl (C=O) groups is 1. The van der Waals surface area contributed by atoms with Crippen LogP contribution in [0.15, 0.2) is 40.9 Å². The molecule has 0 aliphatic rings. The van der Waals surface area contributed by atoms with Gasteiger partial charge in [0.2, 0.25) is 5.91 Å². The van der Waals surface area contributed by atoms with Gasteiger partial charge in [-0.3, -0.25) is 4.79 Å². The number of nitrogens with zero attached hydrogens (tertiary/aromatic N) is 2. The van der Waals surface area contributed by atoms with Gasteiger partial charge in [-0.15, -0.1) is 12.4 Å². The van der Waals surface area contributed by atoms with Crippen molar-refractivity contribution < 1.29 is 9.32 Å². The molecule has 0 radical (unpaired) electrons. The second-order valence-corrected chi connectivity index (χ2v) is 6.80. The molecule has 0 saturated heterocycles. The van der Waals surface area contributed by atoms with Gasteiger partial charge in [0.1, 0.15) is 11.5 Å². The average molecular weight is 366 g/mol. The molecule has 0 atom stereocenters. The van der Waals surface area contributed by atoms with Crippen molar-refractivity contribution in [2.24, 2.45) is 5.73 Å². The minimum absolute atomic E-state index is 0. The molecule has 1 heterocycles. The minimum atomic E-state index is -0.803. The van der Waals surface area contributed by atoms with Crippen LogP contribution in [-0.2, 0) is 11.2 Å². The normalized spacial score (nSPS) is 11.0. The predicted octanol–water partition coefficient (Wildman–Crippen LogP) is 3.67. The molecule has 25 heavy (non-hydrogen) atoms. The van der Waals surface area contributed by atoms with Crippen molar-refractivity contribution in [1.29, 1.82) is 0 Å². The van der Waals surface area contributed by atoms with Crippen LogP contribution in [0.3, 0.4) is 0 Å². The standard InChI is InChI=1S/C19H27N3O2.ClH/c1-19(2,20)18(23)22(3)13-9-5-8-12-16-14-17(21-24-16)15-10-6-4-7-11-15;/h4,6-7,10-11,14H,5,8-9,12-13,20H2,1-3H3;1H. The lowest BCUT2D eigenvalue weighted by molar-refractivity contribution is -0.134. The van der Waals surface area contributed by atoms with E-state index in [1.54, 1.807) is 25.8 Å². The van der Waals surface area contributed by atoms with Gasteiger partial charge in [0.05, 0.1) is 5.54 Å². The highest BCUT2D eigenvalue weighted by atomic mass is 35.5. The summed E-state index contributed by atoms with van der Waals surface area (Å²) in [5, 5.41) is 4.12. The zero-order valence-electron chi connectivity index (χ0n) is 15.2. The van der Waals surface area contributed by atoms with E-state index in [0.717, 1.165) is 49.2 Å². The first-order chi connectivity index (χ1) is 11.4. The molecule has 0 aliphatic heterocycles. The van der Waals surface area contributed by atoms with E-state index in [4.69, 9.17) is 10.3 Å². The summed E-state index contributed by atoms with van der Waals surface area (Å²) in [6, 6.07) is 12.0. The third-order valence-corrected chi connectivity index (χ3v) is 3.94. The molecular formula is C19H28ClN3O2. The van der Waals surface area contributed by atoms with Crippen LogP contribution >= 0.6 is 12.4 Å². The number of nitrogens with two attached hydrogens (primary N) is 1. The number of hydrogen-bond donors (Lipinski definition) is 1. The van der Waals surface area contributed by atoms with Crippen LogP contribution in [0.5, 0.6) is 0 Å². The Kier molecular flexibility index (Phi) is 8.13. The highest BCUT2D eigenvalue weighted by Gasteiger charge is 2.24. The first-order valence-electron chi connectivity index (χ1n) is 8.43. The number of unbranched alkanes of at least 4 members (excludes halogenated alkanes) is 2. The van der Waals surface area contributed by atoms with Gasteiger partial charge in [-0.25, -0.2) is 0 Å². The number of aromatic nitrogens is 1. The zero-order valence-corrected chi connectivity index (χ0v) is 16.0. The van der Waals surface area contributed by atoms with Gasteiger partial charge in [0.25, 0.3) is 0 Å². The summed E-state index contributed by atoms with van der Waals surface area (Å²) >= 11 is 0. The Morgan fingerprint density at radius 1 is 1.20 bits per heavy atom. The van der Waals surface area contributed by atoms with Gasteiger partial charge in [0, 0.05) is 31.6 Å². The maximum Gasteiger partial charge on any atom is 0.241 e. The molecule has 5 nitrogen and oxygen atoms in total. The Morgan fingerprint density at radius 3 is 2.52 bits per heavy atom. The van der Waals surface area contributed by atoms with Crippen LogP contribution in [0.2, 0.25) is 0 Å². The average Bonchev–Trinajstić information content (AvgIpc) is 3.02. The van der Waals surface area contributed by atoms with Crippen LogP contribution in [0, 0.1) is 0 Å².